The van der Waals surface area contributed by atoms with Crippen molar-refractivity contribution in [1.82, 2.24) is 19.3 Å². The molecule has 1 amide bonds. The molecule has 0 fully saturated rings. The molecule has 3 aromatic rings. The van der Waals surface area contributed by atoms with E-state index >= 15 is 0 Å². The summed E-state index contributed by atoms with van der Waals surface area (Å²) in [6, 6.07) is 6.67. The third-order valence-corrected chi connectivity index (χ3v) is 4.54. The molecule has 0 saturated heterocycles. The van der Waals surface area contributed by atoms with E-state index in [1.54, 1.807) is 43.1 Å². The fraction of sp³-hybridized carbons (Fsp3) is 0.333. The lowest BCUT2D eigenvalue weighted by Gasteiger charge is -2.09. The van der Waals surface area contributed by atoms with Gasteiger partial charge in [-0.1, -0.05) is 0 Å². The fourth-order valence-corrected chi connectivity index (χ4v) is 3.17. The molecule has 1 aromatic carbocycles. The van der Waals surface area contributed by atoms with Gasteiger partial charge in [0.05, 0.1) is 16.6 Å². The van der Waals surface area contributed by atoms with Gasteiger partial charge in [0.25, 0.3) is 11.5 Å². The van der Waals surface area contributed by atoms with Gasteiger partial charge in [-0.05, 0) is 43.8 Å². The first kappa shape index (κ1) is 19.0. The van der Waals surface area contributed by atoms with Crippen LogP contribution in [-0.2, 0) is 18.3 Å². The molecule has 0 aliphatic heterocycles. The highest BCUT2D eigenvalue weighted by Gasteiger charge is 2.12. The van der Waals surface area contributed by atoms with E-state index in [-0.39, 0.29) is 11.5 Å². The Kier molecular flexibility index (Phi) is 5.52. The number of ether oxygens (including phenoxy) is 1. The Bertz CT molecular complexity index is 1110. The molecular formula is C18H21N5O3S. The van der Waals surface area contributed by atoms with Gasteiger partial charge in [0, 0.05) is 38.9 Å². The van der Waals surface area contributed by atoms with E-state index in [1.165, 1.54) is 4.57 Å². The third-order valence-electron chi connectivity index (χ3n) is 4.22. The average molecular weight is 387 g/mol. The van der Waals surface area contributed by atoms with Crippen molar-refractivity contribution >= 4 is 34.8 Å². The van der Waals surface area contributed by atoms with Crippen molar-refractivity contribution in [1.29, 1.82) is 0 Å². The van der Waals surface area contributed by atoms with Crippen molar-refractivity contribution in [3.63, 3.8) is 0 Å². The van der Waals surface area contributed by atoms with Gasteiger partial charge in [0.2, 0.25) is 0 Å². The largest absolute Gasteiger partial charge is 0.385 e. The molecule has 2 N–H and O–H groups in total. The lowest BCUT2D eigenvalue weighted by Crippen LogP contribution is -2.23. The Morgan fingerprint density at radius 3 is 2.81 bits per heavy atom. The summed E-state index contributed by atoms with van der Waals surface area (Å²) in [5.74, 6) is 0.308. The first-order valence-electron chi connectivity index (χ1n) is 8.48. The van der Waals surface area contributed by atoms with E-state index in [2.05, 4.69) is 15.4 Å². The van der Waals surface area contributed by atoms with Gasteiger partial charge < -0.3 is 15.0 Å². The molecule has 0 aliphatic carbocycles. The highest BCUT2D eigenvalue weighted by atomic mass is 32.1. The van der Waals surface area contributed by atoms with Crippen LogP contribution in [0.25, 0.3) is 10.9 Å². The van der Waals surface area contributed by atoms with Gasteiger partial charge in [-0.2, -0.15) is 5.10 Å². The number of aryl methyl sites for hydroxylation is 2. The van der Waals surface area contributed by atoms with Crippen LogP contribution in [0.15, 0.2) is 29.1 Å². The molecule has 0 saturated carbocycles. The maximum absolute atomic E-state index is 12.7. The number of aromatic amines is 1. The summed E-state index contributed by atoms with van der Waals surface area (Å²) in [5.41, 5.74) is 1.58. The van der Waals surface area contributed by atoms with Crippen molar-refractivity contribution in [2.24, 2.45) is 7.05 Å². The number of anilines is 1. The first-order chi connectivity index (χ1) is 12.9. The number of nitrogens with zero attached hydrogens (tertiary/aromatic N) is 3. The monoisotopic (exact) mass is 387 g/mol. The Hall–Kier alpha value is -2.78. The topological polar surface area (TPSA) is 93.9 Å². The van der Waals surface area contributed by atoms with E-state index in [4.69, 9.17) is 17.0 Å². The number of rotatable bonds is 6. The number of hydrogen-bond donors (Lipinski definition) is 2. The molecule has 0 radical (unpaired) electrons. The van der Waals surface area contributed by atoms with Gasteiger partial charge >= 0.3 is 0 Å². The van der Waals surface area contributed by atoms with Crippen LogP contribution in [0.1, 0.15) is 22.5 Å². The summed E-state index contributed by atoms with van der Waals surface area (Å²) >= 11 is 5.30. The minimum absolute atomic E-state index is 0.181. The minimum Gasteiger partial charge on any atom is -0.385 e. The molecule has 142 valence electrons. The molecule has 3 rings (SSSR count). The van der Waals surface area contributed by atoms with E-state index in [1.807, 2.05) is 6.92 Å². The summed E-state index contributed by atoms with van der Waals surface area (Å²) in [6.45, 7) is 2.87. The zero-order valence-corrected chi connectivity index (χ0v) is 16.2. The highest BCUT2D eigenvalue weighted by Crippen LogP contribution is 2.14. The Morgan fingerprint density at radius 1 is 1.37 bits per heavy atom. The molecule has 9 heteroatoms. The number of fused-ring (bicyclic) bond motifs is 1. The molecule has 0 spiro atoms. The van der Waals surface area contributed by atoms with E-state index in [0.717, 1.165) is 5.69 Å². The summed E-state index contributed by atoms with van der Waals surface area (Å²) in [5, 5.41) is 7.49. The number of nitrogens with one attached hydrogen (secondary N) is 2. The molecule has 27 heavy (non-hydrogen) atoms. The summed E-state index contributed by atoms with van der Waals surface area (Å²) < 4.78 is 8.45. The minimum atomic E-state index is -0.288. The van der Waals surface area contributed by atoms with Crippen molar-refractivity contribution in [3.05, 3.63) is 50.6 Å². The lowest BCUT2D eigenvalue weighted by atomic mass is 10.1. The summed E-state index contributed by atoms with van der Waals surface area (Å²) in [7, 11) is 3.37. The van der Waals surface area contributed by atoms with Crippen LogP contribution in [0.4, 0.5) is 5.82 Å². The van der Waals surface area contributed by atoms with Gasteiger partial charge in [0.1, 0.15) is 5.82 Å². The normalized spacial score (nSPS) is 11.1. The number of carbonyl (C=O) groups is 1. The third kappa shape index (κ3) is 3.99. The van der Waals surface area contributed by atoms with Crippen LogP contribution in [-0.4, -0.2) is 39.0 Å². The molecule has 0 atom stereocenters. The standard InChI is InChI=1S/C18H21N5O3S/c1-11-9-15(22(2)21-11)20-16(24)12-5-6-13-14(10-12)19-18(27)23(17(13)25)7-4-8-26-3/h5-6,9-10H,4,7-8H2,1-3H3,(H,19,27)(H,20,24). The lowest BCUT2D eigenvalue weighted by molar-refractivity contribution is 0.102. The predicted octanol–water partition coefficient (Wildman–Crippen LogP) is 2.39. The molecule has 2 heterocycles. The van der Waals surface area contributed by atoms with E-state index < -0.39 is 0 Å². The second-order valence-corrected chi connectivity index (χ2v) is 6.63. The van der Waals surface area contributed by atoms with E-state index in [0.29, 0.717) is 46.6 Å². The molecule has 2 aromatic heterocycles. The number of amides is 1. The molecule has 0 bridgehead atoms. The average Bonchev–Trinajstić information content (AvgIpc) is 2.94. The van der Waals surface area contributed by atoms with Crippen LogP contribution in [0.2, 0.25) is 0 Å². The number of carbonyl (C=O) groups excluding carboxylic acids is 1. The quantitative estimate of drug-likeness (QED) is 0.500. The van der Waals surface area contributed by atoms with Crippen LogP contribution in [0.5, 0.6) is 0 Å². The number of hydrogen-bond acceptors (Lipinski definition) is 5. The van der Waals surface area contributed by atoms with Crippen LogP contribution < -0.4 is 10.9 Å². The predicted molar refractivity (Wildman–Crippen MR) is 106 cm³/mol. The fourth-order valence-electron chi connectivity index (χ4n) is 2.88. The summed E-state index contributed by atoms with van der Waals surface area (Å²) in [4.78, 5) is 28.3. The van der Waals surface area contributed by atoms with Crippen LogP contribution in [0, 0.1) is 11.7 Å². The van der Waals surface area contributed by atoms with Gasteiger partial charge in [0.15, 0.2) is 4.77 Å². The number of benzene rings is 1. The second-order valence-electron chi connectivity index (χ2n) is 6.24. The van der Waals surface area contributed by atoms with Crippen molar-refractivity contribution in [2.45, 2.75) is 19.9 Å². The van der Waals surface area contributed by atoms with Gasteiger partial charge in [-0.15, -0.1) is 0 Å². The Morgan fingerprint density at radius 2 is 2.15 bits per heavy atom. The number of aromatic nitrogens is 4. The van der Waals surface area contributed by atoms with Crippen LogP contribution >= 0.6 is 12.2 Å². The van der Waals surface area contributed by atoms with E-state index in [9.17, 15) is 9.59 Å². The van der Waals surface area contributed by atoms with Crippen molar-refractivity contribution in [3.8, 4) is 0 Å². The first-order valence-corrected chi connectivity index (χ1v) is 8.89. The summed E-state index contributed by atoms with van der Waals surface area (Å²) in [6.07, 6.45) is 0.685. The maximum atomic E-state index is 12.7. The molecular weight excluding hydrogens is 366 g/mol. The SMILES string of the molecule is COCCCn1c(=S)[nH]c2cc(C(=O)Nc3cc(C)nn3C)ccc2c1=O. The molecule has 0 unspecified atom stereocenters. The maximum Gasteiger partial charge on any atom is 0.262 e. The van der Waals surface area contributed by atoms with Crippen molar-refractivity contribution < 1.29 is 9.53 Å². The zero-order valence-electron chi connectivity index (χ0n) is 15.4. The van der Waals surface area contributed by atoms with Gasteiger partial charge in [-0.25, -0.2) is 0 Å². The molecule has 8 nitrogen and oxygen atoms in total. The van der Waals surface area contributed by atoms with Crippen LogP contribution in [0.3, 0.4) is 0 Å². The highest BCUT2D eigenvalue weighted by molar-refractivity contribution is 7.71. The Labute approximate surface area is 160 Å². The number of methoxy groups -OCH3 is 1. The number of H-pyrrole nitrogens is 1. The smallest absolute Gasteiger partial charge is 0.262 e. The molecule has 0 aliphatic rings. The second kappa shape index (κ2) is 7.85. The van der Waals surface area contributed by atoms with Gasteiger partial charge in [-0.3, -0.25) is 18.8 Å². The Balaban J connectivity index is 1.92. The van der Waals surface area contributed by atoms with Crippen molar-refractivity contribution in [2.75, 3.05) is 19.0 Å². The zero-order chi connectivity index (χ0) is 19.6.